The quantitative estimate of drug-likeness (QED) is 0.456. The van der Waals surface area contributed by atoms with Crippen LogP contribution in [0.15, 0.2) is 36.9 Å². The van der Waals surface area contributed by atoms with Gasteiger partial charge in [0.05, 0.1) is 17.3 Å². The predicted molar refractivity (Wildman–Crippen MR) is 119 cm³/mol. The summed E-state index contributed by atoms with van der Waals surface area (Å²) in [5.41, 5.74) is 3.74. The van der Waals surface area contributed by atoms with Gasteiger partial charge in [0.1, 0.15) is 11.5 Å². The maximum atomic E-state index is 13.0. The van der Waals surface area contributed by atoms with Gasteiger partial charge in [-0.1, -0.05) is 19.3 Å². The number of fused-ring (bicyclic) bond motifs is 2. The highest BCUT2D eigenvalue weighted by Gasteiger charge is 2.45. The number of pyridine rings is 1. The Bertz CT molecular complexity index is 1350. The number of rotatable bonds is 6. The molecule has 0 atom stereocenters. The maximum absolute atomic E-state index is 13.0. The molecule has 2 N–H and O–H groups in total. The van der Waals surface area contributed by atoms with Gasteiger partial charge in [0.2, 0.25) is 5.92 Å². The largest absolute Gasteiger partial charge is 0.352 e. The van der Waals surface area contributed by atoms with Crippen molar-refractivity contribution in [1.29, 1.82) is 0 Å². The fourth-order valence-corrected chi connectivity index (χ4v) is 4.82. The predicted octanol–water partition coefficient (Wildman–Crippen LogP) is 4.39. The molecule has 0 spiro atoms. The van der Waals surface area contributed by atoms with E-state index in [4.69, 9.17) is 4.98 Å². The van der Waals surface area contributed by atoms with Crippen LogP contribution in [0.4, 0.5) is 8.78 Å². The normalized spacial score (nSPS) is 18.4. The number of carbonyl (C=O) groups excluding carboxylic acids is 1. The summed E-state index contributed by atoms with van der Waals surface area (Å²) in [6.45, 7) is 0.244. The standard InChI is InChI=1S/C24H24F2N6O/c25-24(26)8-15(9-24)10-29-23(33)19-13-30-32-5-4-16(7-20(19)32)17-11-28-22-18(17)12-27-21(31-22)6-14-2-1-3-14/h4-5,7,11-15H,1-3,6,8-10H2,(H,29,33)(H,27,28,31). The Labute approximate surface area is 188 Å². The molecule has 4 aromatic rings. The molecular weight excluding hydrogens is 426 g/mol. The van der Waals surface area contributed by atoms with Gasteiger partial charge in [-0.05, 0) is 29.5 Å². The van der Waals surface area contributed by atoms with E-state index >= 15 is 0 Å². The first kappa shape index (κ1) is 20.3. The molecule has 0 saturated heterocycles. The summed E-state index contributed by atoms with van der Waals surface area (Å²) in [5, 5.41) is 7.97. The molecule has 4 heterocycles. The Morgan fingerprint density at radius 1 is 1.24 bits per heavy atom. The molecule has 2 aliphatic carbocycles. The third kappa shape index (κ3) is 3.75. The van der Waals surface area contributed by atoms with Crippen LogP contribution in [0, 0.1) is 11.8 Å². The van der Waals surface area contributed by atoms with Gasteiger partial charge in [-0.15, -0.1) is 0 Å². The Kier molecular flexibility index (Phi) is 4.67. The molecule has 6 rings (SSSR count). The number of aromatic amines is 1. The number of carbonyl (C=O) groups is 1. The van der Waals surface area contributed by atoms with Gasteiger partial charge >= 0.3 is 0 Å². The van der Waals surface area contributed by atoms with Crippen molar-refractivity contribution < 1.29 is 13.6 Å². The number of alkyl halides is 2. The van der Waals surface area contributed by atoms with Crippen LogP contribution >= 0.6 is 0 Å². The van der Waals surface area contributed by atoms with E-state index in [1.54, 1.807) is 10.7 Å². The second kappa shape index (κ2) is 7.60. The van der Waals surface area contributed by atoms with Crippen LogP contribution in [0.2, 0.25) is 0 Å². The van der Waals surface area contributed by atoms with E-state index in [2.05, 4.69) is 20.4 Å². The van der Waals surface area contributed by atoms with E-state index in [-0.39, 0.29) is 31.2 Å². The maximum Gasteiger partial charge on any atom is 0.255 e. The van der Waals surface area contributed by atoms with Gasteiger partial charge in [0.15, 0.2) is 0 Å². The van der Waals surface area contributed by atoms with E-state index < -0.39 is 5.92 Å². The minimum Gasteiger partial charge on any atom is -0.352 e. The van der Waals surface area contributed by atoms with E-state index in [1.165, 1.54) is 25.5 Å². The first-order valence-corrected chi connectivity index (χ1v) is 11.4. The van der Waals surface area contributed by atoms with Gasteiger partial charge in [-0.25, -0.2) is 23.3 Å². The third-order valence-corrected chi connectivity index (χ3v) is 6.98. The van der Waals surface area contributed by atoms with E-state index in [1.807, 2.05) is 24.5 Å². The summed E-state index contributed by atoms with van der Waals surface area (Å²) in [7, 11) is 0. The summed E-state index contributed by atoms with van der Waals surface area (Å²) < 4.78 is 27.7. The number of aromatic nitrogens is 5. The Hall–Kier alpha value is -3.36. The SMILES string of the molecule is O=C(NCC1CC(F)(F)C1)c1cnn2ccc(-c3c[nH]c4nc(CC5CCC5)ncc34)cc12. The second-order valence-electron chi connectivity index (χ2n) is 9.40. The Morgan fingerprint density at radius 2 is 2.09 bits per heavy atom. The molecule has 33 heavy (non-hydrogen) atoms. The number of H-pyrrole nitrogens is 1. The van der Waals surface area contributed by atoms with Crippen LogP contribution in [-0.2, 0) is 6.42 Å². The molecule has 0 radical (unpaired) electrons. The highest BCUT2D eigenvalue weighted by atomic mass is 19.3. The molecule has 2 aliphatic rings. The number of hydrogen-bond donors (Lipinski definition) is 2. The summed E-state index contributed by atoms with van der Waals surface area (Å²) in [6.07, 6.45) is 11.5. The molecular formula is C24H24F2N6O. The average molecular weight is 450 g/mol. The minimum absolute atomic E-state index is 0.169. The lowest BCUT2D eigenvalue weighted by atomic mass is 9.81. The molecule has 9 heteroatoms. The molecule has 0 unspecified atom stereocenters. The van der Waals surface area contributed by atoms with Crippen molar-refractivity contribution in [3.63, 3.8) is 0 Å². The van der Waals surface area contributed by atoms with Crippen molar-refractivity contribution in [2.24, 2.45) is 11.8 Å². The number of halogens is 2. The molecule has 2 fully saturated rings. The number of amides is 1. The van der Waals surface area contributed by atoms with Crippen molar-refractivity contribution in [3.05, 3.63) is 48.3 Å². The fourth-order valence-electron chi connectivity index (χ4n) is 4.82. The van der Waals surface area contributed by atoms with Gasteiger partial charge in [-0.3, -0.25) is 4.79 Å². The first-order chi connectivity index (χ1) is 15.9. The molecule has 4 aromatic heterocycles. The zero-order valence-electron chi connectivity index (χ0n) is 18.0. The molecule has 170 valence electrons. The fraction of sp³-hybridized carbons (Fsp3) is 0.417. The molecule has 1 amide bonds. The van der Waals surface area contributed by atoms with Crippen molar-refractivity contribution in [3.8, 4) is 11.1 Å². The van der Waals surface area contributed by atoms with Gasteiger partial charge in [0.25, 0.3) is 5.91 Å². The monoisotopic (exact) mass is 450 g/mol. The second-order valence-corrected chi connectivity index (χ2v) is 9.40. The van der Waals surface area contributed by atoms with Crippen LogP contribution in [0.5, 0.6) is 0 Å². The molecule has 0 bridgehead atoms. The Balaban J connectivity index is 1.24. The van der Waals surface area contributed by atoms with Crippen LogP contribution < -0.4 is 5.32 Å². The van der Waals surface area contributed by atoms with Crippen LogP contribution in [0.1, 0.15) is 48.3 Å². The molecule has 7 nitrogen and oxygen atoms in total. The summed E-state index contributed by atoms with van der Waals surface area (Å²) in [6, 6.07) is 3.84. The molecule has 2 saturated carbocycles. The van der Waals surface area contributed by atoms with Crippen molar-refractivity contribution in [1.82, 2.24) is 29.9 Å². The lowest BCUT2D eigenvalue weighted by Crippen LogP contribution is -2.42. The zero-order chi connectivity index (χ0) is 22.6. The summed E-state index contributed by atoms with van der Waals surface area (Å²) in [4.78, 5) is 25.3. The van der Waals surface area contributed by atoms with E-state index in [9.17, 15) is 13.6 Å². The average Bonchev–Trinajstić information content (AvgIpc) is 3.36. The summed E-state index contributed by atoms with van der Waals surface area (Å²) in [5.74, 6) is -1.50. The van der Waals surface area contributed by atoms with Crippen LogP contribution in [-0.4, -0.2) is 42.9 Å². The highest BCUT2D eigenvalue weighted by molar-refractivity contribution is 6.02. The molecule has 0 aliphatic heterocycles. The lowest BCUT2D eigenvalue weighted by molar-refractivity contribution is -0.108. The van der Waals surface area contributed by atoms with Crippen molar-refractivity contribution in [2.45, 2.75) is 44.4 Å². The smallest absolute Gasteiger partial charge is 0.255 e. The number of hydrogen-bond acceptors (Lipinski definition) is 4. The zero-order valence-corrected chi connectivity index (χ0v) is 18.0. The topological polar surface area (TPSA) is 88.0 Å². The highest BCUT2D eigenvalue weighted by Crippen LogP contribution is 2.41. The van der Waals surface area contributed by atoms with Gasteiger partial charge < -0.3 is 10.3 Å². The number of nitrogens with one attached hydrogen (secondary N) is 2. The number of nitrogens with zero attached hydrogens (tertiary/aromatic N) is 4. The summed E-state index contributed by atoms with van der Waals surface area (Å²) >= 11 is 0. The van der Waals surface area contributed by atoms with Gasteiger partial charge in [0, 0.05) is 55.3 Å². The Morgan fingerprint density at radius 3 is 2.85 bits per heavy atom. The van der Waals surface area contributed by atoms with E-state index in [0.29, 0.717) is 17.0 Å². The van der Waals surface area contributed by atoms with E-state index in [0.717, 1.165) is 34.4 Å². The third-order valence-electron chi connectivity index (χ3n) is 6.98. The van der Waals surface area contributed by atoms with Crippen LogP contribution in [0.3, 0.4) is 0 Å². The van der Waals surface area contributed by atoms with Crippen LogP contribution in [0.25, 0.3) is 27.7 Å². The minimum atomic E-state index is -2.59. The first-order valence-electron chi connectivity index (χ1n) is 11.4. The lowest BCUT2D eigenvalue weighted by Gasteiger charge is -2.34. The van der Waals surface area contributed by atoms with Crippen molar-refractivity contribution >= 4 is 22.5 Å². The molecule has 0 aromatic carbocycles. The van der Waals surface area contributed by atoms with Crippen molar-refractivity contribution in [2.75, 3.05) is 6.54 Å². The van der Waals surface area contributed by atoms with Gasteiger partial charge in [-0.2, -0.15) is 5.10 Å².